The maximum absolute atomic E-state index is 9.40. The molecule has 1 saturated heterocycles. The molecule has 0 aromatic carbocycles. The minimum absolute atomic E-state index is 0.265. The van der Waals surface area contributed by atoms with E-state index in [0.717, 1.165) is 43.6 Å². The Morgan fingerprint density at radius 2 is 2.00 bits per heavy atom. The number of rotatable bonds is 4. The molecule has 0 unspecified atom stereocenters. The van der Waals surface area contributed by atoms with Crippen molar-refractivity contribution >= 4 is 5.82 Å². The van der Waals surface area contributed by atoms with Gasteiger partial charge >= 0.3 is 0 Å². The number of aryl methyl sites for hydroxylation is 1. The molecule has 0 spiro atoms. The summed E-state index contributed by atoms with van der Waals surface area (Å²) in [5.41, 5.74) is 0.954. The molecule has 0 amide bonds. The van der Waals surface area contributed by atoms with Crippen molar-refractivity contribution in [2.75, 3.05) is 31.1 Å². The van der Waals surface area contributed by atoms with Gasteiger partial charge in [0.25, 0.3) is 0 Å². The van der Waals surface area contributed by atoms with Gasteiger partial charge in [0.1, 0.15) is 0 Å². The second-order valence-electron chi connectivity index (χ2n) is 6.32. The second-order valence-corrected chi connectivity index (χ2v) is 6.32. The van der Waals surface area contributed by atoms with Gasteiger partial charge in [-0.2, -0.15) is 5.10 Å². The van der Waals surface area contributed by atoms with Crippen molar-refractivity contribution < 1.29 is 5.11 Å². The number of aliphatic hydroxyl groups is 1. The van der Waals surface area contributed by atoms with Crippen molar-refractivity contribution in [3.63, 3.8) is 0 Å². The van der Waals surface area contributed by atoms with E-state index in [0.29, 0.717) is 6.04 Å². The predicted molar refractivity (Wildman–Crippen MR) is 83.4 cm³/mol. The van der Waals surface area contributed by atoms with Crippen molar-refractivity contribution in [1.29, 1.82) is 0 Å². The second kappa shape index (κ2) is 6.71. The van der Waals surface area contributed by atoms with E-state index in [1.54, 1.807) is 0 Å². The van der Waals surface area contributed by atoms with Crippen LogP contribution in [-0.4, -0.2) is 58.5 Å². The lowest BCUT2D eigenvalue weighted by Gasteiger charge is -2.44. The van der Waals surface area contributed by atoms with Gasteiger partial charge in [-0.05, 0) is 38.3 Å². The Bertz CT molecular complexity index is 444. The van der Waals surface area contributed by atoms with Gasteiger partial charge < -0.3 is 10.0 Å². The van der Waals surface area contributed by atoms with Gasteiger partial charge in [0.15, 0.2) is 5.82 Å². The summed E-state index contributed by atoms with van der Waals surface area (Å²) in [5, 5.41) is 17.9. The van der Waals surface area contributed by atoms with Crippen LogP contribution in [-0.2, 0) is 0 Å². The van der Waals surface area contributed by atoms with Crippen molar-refractivity contribution in [2.45, 2.75) is 51.1 Å². The topological polar surface area (TPSA) is 52.5 Å². The molecule has 1 saturated carbocycles. The van der Waals surface area contributed by atoms with Crippen LogP contribution >= 0.6 is 0 Å². The summed E-state index contributed by atoms with van der Waals surface area (Å²) in [5.74, 6) is 0.967. The number of aromatic nitrogens is 2. The van der Waals surface area contributed by atoms with E-state index in [1.165, 1.54) is 25.7 Å². The van der Waals surface area contributed by atoms with Gasteiger partial charge in [0.2, 0.25) is 0 Å². The van der Waals surface area contributed by atoms with E-state index < -0.39 is 0 Å². The van der Waals surface area contributed by atoms with Crippen molar-refractivity contribution in [3.8, 4) is 0 Å². The molecular weight excluding hydrogens is 264 g/mol. The van der Waals surface area contributed by atoms with Gasteiger partial charge in [0.05, 0.1) is 5.69 Å². The molecule has 116 valence electrons. The summed E-state index contributed by atoms with van der Waals surface area (Å²) in [7, 11) is 0. The van der Waals surface area contributed by atoms with E-state index in [4.69, 9.17) is 0 Å². The zero-order valence-corrected chi connectivity index (χ0v) is 12.9. The third-order valence-electron chi connectivity index (χ3n) is 4.89. The minimum Gasteiger partial charge on any atom is -0.396 e. The zero-order valence-electron chi connectivity index (χ0n) is 12.9. The van der Waals surface area contributed by atoms with Crippen molar-refractivity contribution in [2.24, 2.45) is 0 Å². The van der Waals surface area contributed by atoms with Crippen LogP contribution in [0.25, 0.3) is 0 Å². The third-order valence-corrected chi connectivity index (χ3v) is 4.89. The molecule has 1 aliphatic carbocycles. The summed E-state index contributed by atoms with van der Waals surface area (Å²) in [6.45, 7) is 5.26. The first-order chi connectivity index (χ1) is 10.3. The number of hydrogen-bond acceptors (Lipinski definition) is 5. The van der Waals surface area contributed by atoms with Crippen LogP contribution in [0.4, 0.5) is 5.82 Å². The molecule has 5 heteroatoms. The standard InChI is InChI=1S/C16H26N4O/c1-13-6-7-16(18-17-13)19-9-10-20(14-4-2-3-5-14)15(12-19)8-11-21/h6-7,14-15,21H,2-5,8-12H2,1H3/t15-/m1/s1. The SMILES string of the molecule is Cc1ccc(N2CCN(C3CCCC3)[C@H](CCO)C2)nn1. The molecule has 0 bridgehead atoms. The largest absolute Gasteiger partial charge is 0.396 e. The molecule has 21 heavy (non-hydrogen) atoms. The third kappa shape index (κ3) is 3.35. The molecule has 1 atom stereocenters. The lowest BCUT2D eigenvalue weighted by molar-refractivity contribution is 0.0981. The van der Waals surface area contributed by atoms with Crippen LogP contribution in [0.1, 0.15) is 37.8 Å². The van der Waals surface area contributed by atoms with Gasteiger partial charge in [-0.25, -0.2) is 0 Å². The molecule has 5 nitrogen and oxygen atoms in total. The predicted octanol–water partition coefficient (Wildman–Crippen LogP) is 1.60. The van der Waals surface area contributed by atoms with Crippen LogP contribution in [0, 0.1) is 6.92 Å². The molecular formula is C16H26N4O. The van der Waals surface area contributed by atoms with Crippen molar-refractivity contribution in [3.05, 3.63) is 17.8 Å². The number of aliphatic hydroxyl groups excluding tert-OH is 1. The molecule has 3 rings (SSSR count). The normalized spacial score (nSPS) is 24.7. The molecule has 2 fully saturated rings. The van der Waals surface area contributed by atoms with Gasteiger partial charge in [-0.1, -0.05) is 12.8 Å². The van der Waals surface area contributed by atoms with E-state index in [9.17, 15) is 5.11 Å². The first kappa shape index (κ1) is 14.7. The highest BCUT2D eigenvalue weighted by Gasteiger charge is 2.33. The summed E-state index contributed by atoms with van der Waals surface area (Å²) in [4.78, 5) is 4.96. The van der Waals surface area contributed by atoms with Crippen LogP contribution in [0.3, 0.4) is 0 Å². The zero-order chi connectivity index (χ0) is 14.7. The van der Waals surface area contributed by atoms with E-state index >= 15 is 0 Å². The quantitative estimate of drug-likeness (QED) is 0.913. The van der Waals surface area contributed by atoms with E-state index in [1.807, 2.05) is 13.0 Å². The molecule has 1 aromatic heterocycles. The Balaban J connectivity index is 1.69. The molecule has 1 aromatic rings. The summed E-state index contributed by atoms with van der Waals surface area (Å²) in [6, 6.07) is 5.25. The fourth-order valence-electron chi connectivity index (χ4n) is 3.76. The monoisotopic (exact) mass is 290 g/mol. The highest BCUT2D eigenvalue weighted by atomic mass is 16.3. The molecule has 2 heterocycles. The lowest BCUT2D eigenvalue weighted by Crippen LogP contribution is -2.56. The maximum atomic E-state index is 9.40. The lowest BCUT2D eigenvalue weighted by atomic mass is 10.0. The highest BCUT2D eigenvalue weighted by molar-refractivity contribution is 5.38. The van der Waals surface area contributed by atoms with Crippen LogP contribution in [0.5, 0.6) is 0 Å². The molecule has 2 aliphatic rings. The van der Waals surface area contributed by atoms with E-state index in [2.05, 4.69) is 26.1 Å². The first-order valence-corrected chi connectivity index (χ1v) is 8.20. The fraction of sp³-hybridized carbons (Fsp3) is 0.750. The van der Waals surface area contributed by atoms with Crippen LogP contribution in [0.2, 0.25) is 0 Å². The Kier molecular flexibility index (Phi) is 4.70. The first-order valence-electron chi connectivity index (χ1n) is 8.20. The minimum atomic E-state index is 0.265. The van der Waals surface area contributed by atoms with Crippen LogP contribution in [0.15, 0.2) is 12.1 Å². The Hall–Kier alpha value is -1.20. The van der Waals surface area contributed by atoms with Gasteiger partial charge in [0, 0.05) is 38.3 Å². The van der Waals surface area contributed by atoms with E-state index in [-0.39, 0.29) is 6.61 Å². The Labute approximate surface area is 127 Å². The van der Waals surface area contributed by atoms with Crippen molar-refractivity contribution in [1.82, 2.24) is 15.1 Å². The number of hydrogen-bond donors (Lipinski definition) is 1. The maximum Gasteiger partial charge on any atom is 0.151 e. The number of piperazine rings is 1. The molecule has 1 aliphatic heterocycles. The summed E-state index contributed by atoms with van der Waals surface area (Å²) < 4.78 is 0. The average molecular weight is 290 g/mol. The smallest absolute Gasteiger partial charge is 0.151 e. The molecule has 0 radical (unpaired) electrons. The van der Waals surface area contributed by atoms with Crippen LogP contribution < -0.4 is 4.90 Å². The Morgan fingerprint density at radius 1 is 1.19 bits per heavy atom. The van der Waals surface area contributed by atoms with Gasteiger partial charge in [-0.15, -0.1) is 5.10 Å². The van der Waals surface area contributed by atoms with Gasteiger partial charge in [-0.3, -0.25) is 4.90 Å². The summed E-state index contributed by atoms with van der Waals surface area (Å²) in [6.07, 6.45) is 6.23. The average Bonchev–Trinajstić information content (AvgIpc) is 3.02. The number of anilines is 1. The molecule has 1 N–H and O–H groups in total. The highest BCUT2D eigenvalue weighted by Crippen LogP contribution is 2.28. The fourth-order valence-corrected chi connectivity index (χ4v) is 3.76. The summed E-state index contributed by atoms with van der Waals surface area (Å²) >= 11 is 0. The number of nitrogens with zero attached hydrogens (tertiary/aromatic N) is 4. The Morgan fingerprint density at radius 3 is 2.67 bits per heavy atom.